The van der Waals surface area contributed by atoms with Gasteiger partial charge in [0.1, 0.15) is 11.6 Å². The lowest BCUT2D eigenvalue weighted by molar-refractivity contribution is -0.144. The van der Waals surface area contributed by atoms with Crippen molar-refractivity contribution in [3.63, 3.8) is 0 Å². The lowest BCUT2D eigenvalue weighted by Crippen LogP contribution is -2.53. The van der Waals surface area contributed by atoms with Crippen LogP contribution in [0.15, 0.2) is 22.7 Å². The number of carboxylic acid groups (broad SMARTS) is 1. The molecule has 0 bridgehead atoms. The van der Waals surface area contributed by atoms with Gasteiger partial charge in [-0.1, -0.05) is 28.8 Å². The average molecular weight is 352 g/mol. The molecular weight excluding hydrogens is 338 g/mol. The summed E-state index contributed by atoms with van der Waals surface area (Å²) in [5.41, 5.74) is -0.560. The summed E-state index contributed by atoms with van der Waals surface area (Å²) in [7, 11) is 0. The largest absolute Gasteiger partial charge is 0.480 e. The van der Waals surface area contributed by atoms with E-state index in [4.69, 9.17) is 5.26 Å². The highest BCUT2D eigenvalue weighted by Crippen LogP contribution is 2.30. The highest BCUT2D eigenvalue weighted by Gasteiger charge is 2.42. The molecular formula is C14H14BrN3O3. The van der Waals surface area contributed by atoms with Gasteiger partial charge in [-0.15, -0.1) is 0 Å². The predicted octanol–water partition coefficient (Wildman–Crippen LogP) is 2.84. The number of carbonyl (C=O) groups is 2. The van der Waals surface area contributed by atoms with E-state index < -0.39 is 17.5 Å². The third kappa shape index (κ3) is 3.34. The first-order valence-electron chi connectivity index (χ1n) is 6.49. The van der Waals surface area contributed by atoms with Gasteiger partial charge in [0.05, 0.1) is 11.3 Å². The Balaban J connectivity index is 2.14. The van der Waals surface area contributed by atoms with Crippen LogP contribution in [-0.4, -0.2) is 22.6 Å². The molecule has 6 nitrogen and oxygen atoms in total. The fourth-order valence-corrected chi connectivity index (χ4v) is 2.82. The second kappa shape index (κ2) is 6.14. The number of hydrogen-bond acceptors (Lipinski definition) is 3. The molecule has 2 rings (SSSR count). The Morgan fingerprint density at radius 1 is 1.33 bits per heavy atom. The monoisotopic (exact) mass is 351 g/mol. The summed E-state index contributed by atoms with van der Waals surface area (Å²) in [6.07, 6.45) is 2.37. The summed E-state index contributed by atoms with van der Waals surface area (Å²) in [5, 5.41) is 23.4. The maximum atomic E-state index is 12.0. The van der Waals surface area contributed by atoms with Gasteiger partial charge >= 0.3 is 12.0 Å². The minimum Gasteiger partial charge on any atom is -0.480 e. The van der Waals surface area contributed by atoms with Crippen molar-refractivity contribution in [3.8, 4) is 6.07 Å². The van der Waals surface area contributed by atoms with E-state index in [9.17, 15) is 14.7 Å². The number of nitrogens with one attached hydrogen (secondary N) is 2. The molecule has 2 amide bonds. The maximum Gasteiger partial charge on any atom is 0.329 e. The first-order valence-corrected chi connectivity index (χ1v) is 7.28. The van der Waals surface area contributed by atoms with Crippen molar-refractivity contribution in [3.05, 3.63) is 28.2 Å². The molecule has 1 aliphatic carbocycles. The highest BCUT2D eigenvalue weighted by atomic mass is 79.9. The molecule has 0 spiro atoms. The van der Waals surface area contributed by atoms with Crippen molar-refractivity contribution in [2.75, 3.05) is 5.32 Å². The molecule has 0 radical (unpaired) electrons. The van der Waals surface area contributed by atoms with Crippen LogP contribution in [0, 0.1) is 11.3 Å². The van der Waals surface area contributed by atoms with E-state index in [0.29, 0.717) is 28.6 Å². The number of benzene rings is 1. The molecule has 0 aliphatic heterocycles. The zero-order valence-electron chi connectivity index (χ0n) is 11.1. The van der Waals surface area contributed by atoms with Gasteiger partial charge in [0.15, 0.2) is 0 Å². The van der Waals surface area contributed by atoms with Gasteiger partial charge in [-0.25, -0.2) is 9.59 Å². The summed E-state index contributed by atoms with van der Waals surface area (Å²) in [4.78, 5) is 23.4. The Morgan fingerprint density at radius 3 is 2.57 bits per heavy atom. The van der Waals surface area contributed by atoms with E-state index in [0.717, 1.165) is 12.8 Å². The van der Waals surface area contributed by atoms with E-state index in [-0.39, 0.29) is 0 Å². The number of aliphatic carboxylic acids is 1. The van der Waals surface area contributed by atoms with Crippen LogP contribution in [-0.2, 0) is 4.79 Å². The maximum absolute atomic E-state index is 12.0. The van der Waals surface area contributed by atoms with Crippen molar-refractivity contribution in [1.82, 2.24) is 5.32 Å². The first-order chi connectivity index (χ1) is 9.97. The van der Waals surface area contributed by atoms with E-state index >= 15 is 0 Å². The number of rotatable bonds is 3. The molecule has 21 heavy (non-hydrogen) atoms. The quantitative estimate of drug-likeness (QED) is 0.778. The van der Waals surface area contributed by atoms with Gasteiger partial charge in [0, 0.05) is 4.47 Å². The zero-order valence-corrected chi connectivity index (χ0v) is 12.7. The minimum atomic E-state index is -1.21. The molecule has 110 valence electrons. The molecule has 0 aromatic heterocycles. The Hall–Kier alpha value is -2.07. The molecule has 1 aromatic rings. The van der Waals surface area contributed by atoms with Crippen LogP contribution in [0.25, 0.3) is 0 Å². The Bertz CT molecular complexity index is 618. The highest BCUT2D eigenvalue weighted by molar-refractivity contribution is 9.10. The van der Waals surface area contributed by atoms with Crippen LogP contribution in [0.4, 0.5) is 10.5 Å². The summed E-state index contributed by atoms with van der Waals surface area (Å²) >= 11 is 3.26. The lowest BCUT2D eigenvalue weighted by atomic mass is 9.98. The van der Waals surface area contributed by atoms with Gasteiger partial charge in [-0.2, -0.15) is 5.26 Å². The van der Waals surface area contributed by atoms with E-state index in [1.165, 1.54) is 0 Å². The molecule has 1 fully saturated rings. The number of anilines is 1. The minimum absolute atomic E-state index is 0.309. The Kier molecular flexibility index (Phi) is 4.48. The number of carboxylic acids is 1. The number of halogens is 1. The number of urea groups is 1. The number of carbonyl (C=O) groups excluding carboxylic acids is 1. The third-order valence-corrected chi connectivity index (χ3v) is 4.06. The fourth-order valence-electron chi connectivity index (χ4n) is 2.46. The Labute approximate surface area is 130 Å². The van der Waals surface area contributed by atoms with Crippen LogP contribution < -0.4 is 10.6 Å². The number of nitrogens with zero attached hydrogens (tertiary/aromatic N) is 1. The SMILES string of the molecule is N#Cc1ccc(Br)cc1NC(=O)NC1(C(=O)O)CCCC1. The van der Waals surface area contributed by atoms with Crippen molar-refractivity contribution < 1.29 is 14.7 Å². The van der Waals surface area contributed by atoms with Crippen LogP contribution in [0.2, 0.25) is 0 Å². The predicted molar refractivity (Wildman–Crippen MR) is 79.8 cm³/mol. The summed E-state index contributed by atoms with van der Waals surface area (Å²) in [5.74, 6) is -1.02. The number of amides is 2. The van der Waals surface area contributed by atoms with Crippen molar-refractivity contribution >= 4 is 33.6 Å². The lowest BCUT2D eigenvalue weighted by Gasteiger charge is -2.25. The van der Waals surface area contributed by atoms with Gasteiger partial charge in [-0.3, -0.25) is 0 Å². The van der Waals surface area contributed by atoms with Crippen LogP contribution >= 0.6 is 15.9 Å². The third-order valence-electron chi connectivity index (χ3n) is 3.57. The van der Waals surface area contributed by atoms with Gasteiger partial charge in [0.2, 0.25) is 0 Å². The van der Waals surface area contributed by atoms with Crippen LogP contribution in [0.1, 0.15) is 31.2 Å². The summed E-state index contributed by atoms with van der Waals surface area (Å²) in [6, 6.07) is 6.22. The molecule has 1 aromatic carbocycles. The molecule has 1 saturated carbocycles. The normalized spacial score (nSPS) is 16.0. The summed E-state index contributed by atoms with van der Waals surface area (Å²) < 4.78 is 0.714. The van der Waals surface area contributed by atoms with Crippen LogP contribution in [0.3, 0.4) is 0 Å². The van der Waals surface area contributed by atoms with Crippen LogP contribution in [0.5, 0.6) is 0 Å². The fraction of sp³-hybridized carbons (Fsp3) is 0.357. The first kappa shape index (κ1) is 15.3. The standard InChI is InChI=1S/C14H14BrN3O3/c15-10-4-3-9(8-16)11(7-10)17-13(21)18-14(12(19)20)5-1-2-6-14/h3-4,7H,1-2,5-6H2,(H,19,20)(H2,17,18,21). The molecule has 3 N–H and O–H groups in total. The topological polar surface area (TPSA) is 102 Å². The van der Waals surface area contributed by atoms with Crippen molar-refractivity contribution in [2.24, 2.45) is 0 Å². The smallest absolute Gasteiger partial charge is 0.329 e. The molecule has 0 heterocycles. The number of nitriles is 1. The molecule has 0 atom stereocenters. The zero-order chi connectivity index (χ0) is 15.5. The van der Waals surface area contributed by atoms with Crippen molar-refractivity contribution in [2.45, 2.75) is 31.2 Å². The number of hydrogen-bond donors (Lipinski definition) is 3. The van der Waals surface area contributed by atoms with Gasteiger partial charge in [-0.05, 0) is 31.0 Å². The van der Waals surface area contributed by atoms with Gasteiger partial charge < -0.3 is 15.7 Å². The van der Waals surface area contributed by atoms with Gasteiger partial charge in [0.25, 0.3) is 0 Å². The Morgan fingerprint density at radius 2 is 2.00 bits per heavy atom. The second-order valence-electron chi connectivity index (χ2n) is 4.98. The van der Waals surface area contributed by atoms with E-state index in [1.54, 1.807) is 18.2 Å². The van der Waals surface area contributed by atoms with E-state index in [2.05, 4.69) is 26.6 Å². The van der Waals surface area contributed by atoms with Crippen molar-refractivity contribution in [1.29, 1.82) is 5.26 Å². The second-order valence-corrected chi connectivity index (χ2v) is 5.89. The average Bonchev–Trinajstić information content (AvgIpc) is 2.88. The molecule has 0 unspecified atom stereocenters. The molecule has 0 saturated heterocycles. The van der Waals surface area contributed by atoms with E-state index in [1.807, 2.05) is 6.07 Å². The summed E-state index contributed by atoms with van der Waals surface area (Å²) in [6.45, 7) is 0. The molecule has 1 aliphatic rings. The molecule has 7 heteroatoms.